The summed E-state index contributed by atoms with van der Waals surface area (Å²) in [7, 11) is 0. The minimum atomic E-state index is -0.0731. The molecule has 39 heavy (non-hydrogen) atoms. The first-order valence-corrected chi connectivity index (χ1v) is 13.9. The number of fused-ring (bicyclic) bond motifs is 10. The van der Waals surface area contributed by atoms with E-state index in [1.807, 2.05) is 6.07 Å². The summed E-state index contributed by atoms with van der Waals surface area (Å²) >= 11 is 0. The summed E-state index contributed by atoms with van der Waals surface area (Å²) in [5.74, 6) is 3.69. The third-order valence-electron chi connectivity index (χ3n) is 9.80. The summed E-state index contributed by atoms with van der Waals surface area (Å²) in [5.41, 5.74) is 14.1. The minimum Gasteiger partial charge on any atom is -0.458 e. The monoisotopic (exact) mass is 502 g/mol. The van der Waals surface area contributed by atoms with Crippen LogP contribution < -0.4 is 25.9 Å². The van der Waals surface area contributed by atoms with Gasteiger partial charge in [0.05, 0.1) is 0 Å². The summed E-state index contributed by atoms with van der Waals surface area (Å²) in [6, 6.07) is 33.3. The Morgan fingerprint density at radius 2 is 0.923 bits per heavy atom. The summed E-state index contributed by atoms with van der Waals surface area (Å²) in [4.78, 5) is 0. The summed E-state index contributed by atoms with van der Waals surface area (Å²) in [5, 5.41) is 0. The van der Waals surface area contributed by atoms with Gasteiger partial charge >= 0.3 is 0 Å². The summed E-state index contributed by atoms with van der Waals surface area (Å²) in [6.07, 6.45) is 0. The zero-order valence-electron chi connectivity index (χ0n) is 22.6. The fraction of sp³-hybridized carbons (Fsp3) is 0.167. The summed E-state index contributed by atoms with van der Waals surface area (Å²) < 4.78 is 13.3. The van der Waals surface area contributed by atoms with Gasteiger partial charge in [-0.15, -0.1) is 0 Å². The maximum absolute atomic E-state index is 6.65. The van der Waals surface area contributed by atoms with Crippen molar-refractivity contribution in [2.24, 2.45) is 0 Å². The highest BCUT2D eigenvalue weighted by molar-refractivity contribution is 6.98. The number of hydrogen-bond acceptors (Lipinski definition) is 2. The Balaban J connectivity index is 1.32. The highest BCUT2D eigenvalue weighted by Gasteiger charge is 2.45. The average molecular weight is 502 g/mol. The van der Waals surface area contributed by atoms with Crippen molar-refractivity contribution in [3.63, 3.8) is 0 Å². The van der Waals surface area contributed by atoms with Crippen molar-refractivity contribution in [2.75, 3.05) is 0 Å². The molecule has 5 aromatic carbocycles. The van der Waals surface area contributed by atoms with Crippen LogP contribution in [0.15, 0.2) is 91.0 Å². The van der Waals surface area contributed by atoms with Crippen molar-refractivity contribution in [1.29, 1.82) is 0 Å². The van der Waals surface area contributed by atoms with Gasteiger partial charge in [0.1, 0.15) is 23.0 Å². The van der Waals surface area contributed by atoms with E-state index in [-0.39, 0.29) is 17.5 Å². The van der Waals surface area contributed by atoms with E-state index in [2.05, 4.69) is 113 Å². The van der Waals surface area contributed by atoms with Gasteiger partial charge in [-0.3, -0.25) is 0 Å². The zero-order valence-corrected chi connectivity index (χ0v) is 22.6. The van der Waals surface area contributed by atoms with Crippen molar-refractivity contribution < 1.29 is 9.47 Å². The minimum absolute atomic E-state index is 0.0540. The Morgan fingerprint density at radius 1 is 0.462 bits per heavy atom. The molecule has 0 saturated carbocycles. The van der Waals surface area contributed by atoms with Crippen LogP contribution >= 0.6 is 0 Å². The van der Waals surface area contributed by atoms with Gasteiger partial charge in [-0.2, -0.15) is 0 Å². The van der Waals surface area contributed by atoms with E-state index >= 15 is 0 Å². The van der Waals surface area contributed by atoms with E-state index in [1.165, 1.54) is 55.4 Å². The van der Waals surface area contributed by atoms with Gasteiger partial charge in [0.15, 0.2) is 0 Å². The highest BCUT2D eigenvalue weighted by Crippen LogP contribution is 2.52. The number of hydrogen-bond donors (Lipinski definition) is 0. The molecule has 0 bridgehead atoms. The van der Waals surface area contributed by atoms with Gasteiger partial charge in [-0.1, -0.05) is 94.4 Å². The van der Waals surface area contributed by atoms with Crippen molar-refractivity contribution in [1.82, 2.24) is 0 Å². The second-order valence-electron chi connectivity index (χ2n) is 12.5. The third kappa shape index (κ3) is 2.54. The molecule has 0 radical (unpaired) electrons. The molecule has 0 atom stereocenters. The van der Waals surface area contributed by atoms with Crippen molar-refractivity contribution >= 4 is 23.1 Å². The Morgan fingerprint density at radius 3 is 1.41 bits per heavy atom. The normalized spacial score (nSPS) is 17.0. The van der Waals surface area contributed by atoms with E-state index in [9.17, 15) is 0 Å². The second kappa shape index (κ2) is 6.85. The van der Waals surface area contributed by atoms with Gasteiger partial charge < -0.3 is 9.47 Å². The van der Waals surface area contributed by atoms with Gasteiger partial charge in [0, 0.05) is 16.3 Å². The van der Waals surface area contributed by atoms with Gasteiger partial charge in [0.25, 0.3) is 6.71 Å². The van der Waals surface area contributed by atoms with Crippen molar-refractivity contribution in [3.05, 3.63) is 113 Å². The van der Waals surface area contributed by atoms with Crippen LogP contribution in [0.5, 0.6) is 23.0 Å². The molecule has 2 aliphatic carbocycles. The molecule has 9 rings (SSSR count). The van der Waals surface area contributed by atoms with Crippen molar-refractivity contribution in [3.8, 4) is 45.3 Å². The summed E-state index contributed by atoms with van der Waals surface area (Å²) in [6.45, 7) is 9.43. The molecule has 5 aromatic rings. The van der Waals surface area contributed by atoms with E-state index in [0.29, 0.717) is 0 Å². The molecule has 0 saturated heterocycles. The van der Waals surface area contributed by atoms with Crippen LogP contribution in [-0.2, 0) is 10.8 Å². The lowest BCUT2D eigenvalue weighted by Gasteiger charge is -2.35. The van der Waals surface area contributed by atoms with Crippen LogP contribution in [0.3, 0.4) is 0 Å². The van der Waals surface area contributed by atoms with Crippen LogP contribution in [0, 0.1) is 0 Å². The zero-order chi connectivity index (χ0) is 26.3. The maximum atomic E-state index is 6.65. The Hall–Kier alpha value is -4.24. The maximum Gasteiger partial charge on any atom is 0.260 e. The first-order chi connectivity index (χ1) is 18.8. The molecule has 0 amide bonds. The largest absolute Gasteiger partial charge is 0.458 e. The molecule has 2 nitrogen and oxygen atoms in total. The molecule has 0 aromatic heterocycles. The van der Waals surface area contributed by atoms with Crippen molar-refractivity contribution in [2.45, 2.75) is 38.5 Å². The lowest BCUT2D eigenvalue weighted by Crippen LogP contribution is -2.57. The topological polar surface area (TPSA) is 18.5 Å². The Kier molecular flexibility index (Phi) is 3.80. The molecule has 0 N–H and O–H groups in total. The number of rotatable bonds is 0. The first-order valence-electron chi connectivity index (χ1n) is 13.9. The molecule has 186 valence electrons. The molecule has 4 aliphatic rings. The smallest absolute Gasteiger partial charge is 0.260 e. The van der Waals surface area contributed by atoms with Gasteiger partial charge in [-0.05, 0) is 79.7 Å². The molecule has 2 aliphatic heterocycles. The Labute approximate surface area is 229 Å². The molecule has 3 heteroatoms. The lowest BCUT2D eigenvalue weighted by atomic mass is 9.34. The highest BCUT2D eigenvalue weighted by atomic mass is 16.5. The van der Waals surface area contributed by atoms with Gasteiger partial charge in [-0.25, -0.2) is 0 Å². The second-order valence-corrected chi connectivity index (χ2v) is 12.5. The molecule has 2 heterocycles. The lowest BCUT2D eigenvalue weighted by molar-refractivity contribution is 0.464. The van der Waals surface area contributed by atoms with E-state index < -0.39 is 0 Å². The van der Waals surface area contributed by atoms with E-state index in [4.69, 9.17) is 9.47 Å². The predicted molar refractivity (Wildman–Crippen MR) is 159 cm³/mol. The molecular formula is C36H27BO2. The molecule has 0 spiro atoms. The Bertz CT molecular complexity index is 1790. The molecule has 0 fully saturated rings. The third-order valence-corrected chi connectivity index (χ3v) is 9.80. The molecular weight excluding hydrogens is 475 g/mol. The molecule has 0 unspecified atom stereocenters. The van der Waals surface area contributed by atoms with Crippen LogP contribution in [0.4, 0.5) is 0 Å². The number of ether oxygens (including phenoxy) is 2. The SMILES string of the molecule is CC1(C)c2ccccc2-c2cc3c(cc21)B1c2cc4c(cc2Oc2cccc(c21)O3)-c1ccccc1C4(C)C. The number of benzene rings is 5. The fourth-order valence-corrected chi connectivity index (χ4v) is 7.82. The first kappa shape index (κ1) is 21.7. The standard InChI is InChI=1S/C36H27BO2/c1-35(2)24-12-7-5-10-20(24)22-16-32-28(18-26(22)35)37-29-19-27-23(21-11-6-8-13-25(21)36(27,3)4)17-33(29)39-31-15-9-14-30(38-32)34(31)37/h5-19H,1-4H3. The average Bonchev–Trinajstić information content (AvgIpc) is 3.30. The predicted octanol–water partition coefficient (Wildman–Crippen LogP) is 7.03. The van der Waals surface area contributed by atoms with E-state index in [1.54, 1.807) is 0 Å². The van der Waals surface area contributed by atoms with Crippen LogP contribution in [0.1, 0.15) is 49.9 Å². The quantitative estimate of drug-likeness (QED) is 0.208. The van der Waals surface area contributed by atoms with Crippen LogP contribution in [0.25, 0.3) is 22.3 Å². The van der Waals surface area contributed by atoms with E-state index in [0.717, 1.165) is 28.5 Å². The van der Waals surface area contributed by atoms with Crippen LogP contribution in [-0.4, -0.2) is 6.71 Å². The fourth-order valence-electron chi connectivity index (χ4n) is 7.82. The van der Waals surface area contributed by atoms with Gasteiger partial charge in [0.2, 0.25) is 0 Å². The van der Waals surface area contributed by atoms with Crippen LogP contribution in [0.2, 0.25) is 0 Å².